The first-order valence-corrected chi connectivity index (χ1v) is 4.60. The Kier molecular flexibility index (Phi) is 1.90. The van der Waals surface area contributed by atoms with E-state index in [0.717, 1.165) is 6.61 Å². The molecule has 2 aliphatic rings. The van der Waals surface area contributed by atoms with Gasteiger partial charge in [0.25, 0.3) is 0 Å². The maximum atomic E-state index is 5.77. The van der Waals surface area contributed by atoms with Crippen LogP contribution in [0.2, 0.25) is 0 Å². The monoisotopic (exact) mass is 156 g/mol. The normalized spacial score (nSPS) is 39.0. The second-order valence-electron chi connectivity index (χ2n) is 3.80. The second kappa shape index (κ2) is 2.76. The molecule has 0 bridgehead atoms. The fourth-order valence-electron chi connectivity index (χ4n) is 1.71. The second-order valence-corrected chi connectivity index (χ2v) is 3.80. The van der Waals surface area contributed by atoms with Crippen molar-refractivity contribution in [2.75, 3.05) is 6.61 Å². The van der Waals surface area contributed by atoms with Gasteiger partial charge in [-0.3, -0.25) is 0 Å². The van der Waals surface area contributed by atoms with Gasteiger partial charge in [0.2, 0.25) is 0 Å². The van der Waals surface area contributed by atoms with Crippen LogP contribution in [0.25, 0.3) is 0 Å². The molecule has 0 aromatic heterocycles. The lowest BCUT2D eigenvalue weighted by molar-refractivity contribution is -0.0903. The SMILES string of the molecule is CC1(OC2CCCCC2)CO1. The van der Waals surface area contributed by atoms with Crippen molar-refractivity contribution < 1.29 is 9.47 Å². The van der Waals surface area contributed by atoms with Crippen molar-refractivity contribution in [2.45, 2.75) is 50.9 Å². The molecule has 0 aromatic carbocycles. The predicted octanol–water partition coefficient (Wildman–Crippen LogP) is 2.08. The Labute approximate surface area is 67.9 Å². The summed E-state index contributed by atoms with van der Waals surface area (Å²) in [5.41, 5.74) is 0. The lowest BCUT2D eigenvalue weighted by Crippen LogP contribution is -2.24. The van der Waals surface area contributed by atoms with Crippen LogP contribution in [0.15, 0.2) is 0 Å². The van der Waals surface area contributed by atoms with Crippen molar-refractivity contribution in [2.24, 2.45) is 0 Å². The van der Waals surface area contributed by atoms with E-state index in [1.54, 1.807) is 0 Å². The van der Waals surface area contributed by atoms with E-state index in [-0.39, 0.29) is 5.79 Å². The zero-order valence-electron chi connectivity index (χ0n) is 7.14. The maximum Gasteiger partial charge on any atom is 0.189 e. The summed E-state index contributed by atoms with van der Waals surface area (Å²) in [6.07, 6.45) is 7.01. The van der Waals surface area contributed by atoms with Crippen LogP contribution in [0, 0.1) is 0 Å². The number of hydrogen-bond donors (Lipinski definition) is 0. The Bertz CT molecular complexity index is 134. The molecule has 1 unspecified atom stereocenters. The first kappa shape index (κ1) is 7.56. The molecule has 2 fully saturated rings. The minimum atomic E-state index is -0.192. The van der Waals surface area contributed by atoms with Gasteiger partial charge in [-0.2, -0.15) is 0 Å². The molecule has 2 rings (SSSR count). The standard InChI is InChI=1S/C9H16O2/c1-9(7-10-9)11-8-5-3-2-4-6-8/h8H,2-7H2,1H3. The summed E-state index contributed by atoms with van der Waals surface area (Å²) in [5, 5.41) is 0. The molecule has 1 saturated heterocycles. The number of hydrogen-bond acceptors (Lipinski definition) is 2. The Morgan fingerprint density at radius 2 is 1.91 bits per heavy atom. The molecule has 0 spiro atoms. The molecular weight excluding hydrogens is 140 g/mol. The molecule has 11 heavy (non-hydrogen) atoms. The molecular formula is C9H16O2. The van der Waals surface area contributed by atoms with E-state index < -0.39 is 0 Å². The highest BCUT2D eigenvalue weighted by molar-refractivity contribution is 4.78. The van der Waals surface area contributed by atoms with E-state index >= 15 is 0 Å². The van der Waals surface area contributed by atoms with Crippen molar-refractivity contribution in [3.05, 3.63) is 0 Å². The molecule has 0 radical (unpaired) electrons. The van der Waals surface area contributed by atoms with Gasteiger partial charge in [-0.05, 0) is 19.8 Å². The third kappa shape index (κ3) is 1.94. The zero-order valence-corrected chi connectivity index (χ0v) is 7.14. The summed E-state index contributed by atoms with van der Waals surface area (Å²) in [4.78, 5) is 0. The third-order valence-electron chi connectivity index (χ3n) is 2.52. The van der Waals surface area contributed by atoms with E-state index in [4.69, 9.17) is 9.47 Å². The Morgan fingerprint density at radius 3 is 2.45 bits per heavy atom. The first-order valence-electron chi connectivity index (χ1n) is 4.60. The van der Waals surface area contributed by atoms with Crippen LogP contribution in [0.1, 0.15) is 39.0 Å². The largest absolute Gasteiger partial charge is 0.345 e. The van der Waals surface area contributed by atoms with Gasteiger partial charge in [0, 0.05) is 0 Å². The van der Waals surface area contributed by atoms with Gasteiger partial charge in [-0.1, -0.05) is 19.3 Å². The number of epoxide rings is 1. The molecule has 1 heterocycles. The van der Waals surface area contributed by atoms with Crippen LogP contribution in [0.3, 0.4) is 0 Å². The molecule has 2 nitrogen and oxygen atoms in total. The molecule has 1 aliphatic carbocycles. The van der Waals surface area contributed by atoms with Gasteiger partial charge < -0.3 is 9.47 Å². The van der Waals surface area contributed by atoms with Gasteiger partial charge in [-0.25, -0.2) is 0 Å². The van der Waals surface area contributed by atoms with Crippen molar-refractivity contribution >= 4 is 0 Å². The van der Waals surface area contributed by atoms with Crippen molar-refractivity contribution in [1.82, 2.24) is 0 Å². The summed E-state index contributed by atoms with van der Waals surface area (Å²) in [5.74, 6) is -0.192. The summed E-state index contributed by atoms with van der Waals surface area (Å²) in [6.45, 7) is 2.82. The zero-order chi connectivity index (χ0) is 7.73. The van der Waals surface area contributed by atoms with Crippen molar-refractivity contribution in [1.29, 1.82) is 0 Å². The van der Waals surface area contributed by atoms with Gasteiger partial charge in [0.1, 0.15) is 6.61 Å². The van der Waals surface area contributed by atoms with E-state index in [1.807, 2.05) is 6.92 Å². The minimum Gasteiger partial charge on any atom is -0.345 e. The van der Waals surface area contributed by atoms with E-state index in [9.17, 15) is 0 Å². The van der Waals surface area contributed by atoms with Crippen LogP contribution < -0.4 is 0 Å². The van der Waals surface area contributed by atoms with Crippen LogP contribution in [0.5, 0.6) is 0 Å². The predicted molar refractivity (Wildman–Crippen MR) is 42.3 cm³/mol. The summed E-state index contributed by atoms with van der Waals surface area (Å²) in [7, 11) is 0. The first-order chi connectivity index (χ1) is 5.29. The summed E-state index contributed by atoms with van der Waals surface area (Å²) in [6, 6.07) is 0. The third-order valence-corrected chi connectivity index (χ3v) is 2.52. The quantitative estimate of drug-likeness (QED) is 0.571. The highest BCUT2D eigenvalue weighted by Crippen LogP contribution is 2.33. The highest BCUT2D eigenvalue weighted by atomic mass is 16.8. The smallest absolute Gasteiger partial charge is 0.189 e. The summed E-state index contributed by atoms with van der Waals surface area (Å²) < 4.78 is 10.9. The van der Waals surface area contributed by atoms with Gasteiger partial charge in [0.15, 0.2) is 5.79 Å². The van der Waals surface area contributed by atoms with Crippen LogP contribution in [-0.4, -0.2) is 18.5 Å². The lowest BCUT2D eigenvalue weighted by Gasteiger charge is -2.23. The van der Waals surface area contributed by atoms with Crippen LogP contribution >= 0.6 is 0 Å². The average molecular weight is 156 g/mol. The molecule has 0 aromatic rings. The minimum absolute atomic E-state index is 0.192. The van der Waals surface area contributed by atoms with Crippen molar-refractivity contribution in [3.8, 4) is 0 Å². The van der Waals surface area contributed by atoms with Crippen LogP contribution in [0.4, 0.5) is 0 Å². The molecule has 64 valence electrons. The Balaban J connectivity index is 1.76. The van der Waals surface area contributed by atoms with E-state index in [1.165, 1.54) is 32.1 Å². The average Bonchev–Trinajstić information content (AvgIpc) is 2.70. The van der Waals surface area contributed by atoms with Gasteiger partial charge >= 0.3 is 0 Å². The maximum absolute atomic E-state index is 5.77. The van der Waals surface area contributed by atoms with Gasteiger partial charge in [-0.15, -0.1) is 0 Å². The number of ether oxygens (including phenoxy) is 2. The lowest BCUT2D eigenvalue weighted by atomic mass is 9.98. The Hall–Kier alpha value is -0.0800. The molecule has 0 amide bonds. The van der Waals surface area contributed by atoms with Crippen molar-refractivity contribution in [3.63, 3.8) is 0 Å². The fourth-order valence-corrected chi connectivity index (χ4v) is 1.71. The van der Waals surface area contributed by atoms with Crippen LogP contribution in [-0.2, 0) is 9.47 Å². The summed E-state index contributed by atoms with van der Waals surface area (Å²) >= 11 is 0. The molecule has 1 aliphatic heterocycles. The topological polar surface area (TPSA) is 21.8 Å². The Morgan fingerprint density at radius 1 is 1.27 bits per heavy atom. The highest BCUT2D eigenvalue weighted by Gasteiger charge is 2.42. The molecule has 2 heteroatoms. The van der Waals surface area contributed by atoms with E-state index in [2.05, 4.69) is 0 Å². The molecule has 0 N–H and O–H groups in total. The van der Waals surface area contributed by atoms with E-state index in [0.29, 0.717) is 6.10 Å². The molecule has 1 atom stereocenters. The number of rotatable bonds is 2. The fraction of sp³-hybridized carbons (Fsp3) is 1.00. The van der Waals surface area contributed by atoms with Gasteiger partial charge in [0.05, 0.1) is 6.10 Å². The molecule has 1 saturated carbocycles.